The molecule has 2 bridgehead atoms. The fourth-order valence-electron chi connectivity index (χ4n) is 4.14. The highest BCUT2D eigenvalue weighted by Crippen LogP contribution is 2.67. The van der Waals surface area contributed by atoms with E-state index in [1.807, 2.05) is 6.92 Å². The summed E-state index contributed by atoms with van der Waals surface area (Å²) in [5.74, 6) is 0.455. The molecule has 4 heteroatoms. The largest absolute Gasteiger partial charge is 0.380 e. The van der Waals surface area contributed by atoms with Crippen LogP contribution in [-0.2, 0) is 15.7 Å². The number of ether oxygens (including phenoxy) is 1. The van der Waals surface area contributed by atoms with E-state index in [1.165, 1.54) is 6.42 Å². The monoisotopic (exact) mass is 285 g/mol. The average molecular weight is 285 g/mol. The van der Waals surface area contributed by atoms with Gasteiger partial charge in [-0.2, -0.15) is 4.40 Å². The minimum Gasteiger partial charge on any atom is -0.380 e. The third kappa shape index (κ3) is 2.02. The molecule has 0 aromatic heterocycles. The van der Waals surface area contributed by atoms with Gasteiger partial charge in [0.05, 0.1) is 11.4 Å². The summed E-state index contributed by atoms with van der Waals surface area (Å²) in [6.45, 7) is 10.9. The molecule has 110 valence electrons. The molecular weight excluding hydrogens is 258 g/mol. The predicted molar refractivity (Wildman–Crippen MR) is 80.7 cm³/mol. The highest BCUT2D eigenvalue weighted by atomic mass is 32.2. The number of fused-ring (bicyclic) bond motifs is 2. The molecule has 19 heavy (non-hydrogen) atoms. The smallest absolute Gasteiger partial charge is 0.145 e. The summed E-state index contributed by atoms with van der Waals surface area (Å²) in [6.07, 6.45) is 3.25. The molecule has 1 unspecified atom stereocenters. The third-order valence-electron chi connectivity index (χ3n) is 5.94. The van der Waals surface area contributed by atoms with Gasteiger partial charge in [0.25, 0.3) is 0 Å². The Hall–Kier alpha value is -0.220. The second kappa shape index (κ2) is 4.96. The Labute approximate surface area is 119 Å². The van der Waals surface area contributed by atoms with Crippen LogP contribution in [0.25, 0.3) is 0 Å². The SMILES string of the molecule is CC/C(C)=N/S(=O)[C@@H]1[C@H]2CC[C@@](C)([C@@H]1OC)C2(C)C. The first-order chi connectivity index (χ1) is 8.79. The number of nitrogens with zero attached hydrogens (tertiary/aromatic N) is 1. The highest BCUT2D eigenvalue weighted by Gasteiger charge is 2.68. The first-order valence-corrected chi connectivity index (χ1v) is 8.44. The van der Waals surface area contributed by atoms with Crippen LogP contribution in [0.1, 0.15) is 53.9 Å². The van der Waals surface area contributed by atoms with Crippen LogP contribution in [0.5, 0.6) is 0 Å². The molecular formula is C15H27NO2S. The number of methoxy groups -OCH3 is 1. The van der Waals surface area contributed by atoms with Gasteiger partial charge in [-0.25, -0.2) is 4.21 Å². The molecule has 2 rings (SSSR count). The molecule has 0 aromatic rings. The number of hydrogen-bond donors (Lipinski definition) is 0. The van der Waals surface area contributed by atoms with Crippen LogP contribution in [0.2, 0.25) is 0 Å². The van der Waals surface area contributed by atoms with Gasteiger partial charge in [0.2, 0.25) is 0 Å². The van der Waals surface area contributed by atoms with Crippen LogP contribution in [0, 0.1) is 16.7 Å². The molecule has 0 radical (unpaired) electrons. The summed E-state index contributed by atoms with van der Waals surface area (Å²) >= 11 is 0. The van der Waals surface area contributed by atoms with Crippen molar-refractivity contribution in [1.29, 1.82) is 0 Å². The van der Waals surface area contributed by atoms with Gasteiger partial charge in [0, 0.05) is 18.2 Å². The summed E-state index contributed by atoms with van der Waals surface area (Å²) in [6, 6.07) is 0. The van der Waals surface area contributed by atoms with Crippen molar-refractivity contribution in [1.82, 2.24) is 0 Å². The predicted octanol–water partition coefficient (Wildman–Crippen LogP) is 3.36. The second-order valence-corrected chi connectivity index (χ2v) is 8.14. The van der Waals surface area contributed by atoms with Gasteiger partial charge in [0.15, 0.2) is 0 Å². The lowest BCUT2D eigenvalue weighted by molar-refractivity contribution is -0.0181. The maximum Gasteiger partial charge on any atom is 0.145 e. The highest BCUT2D eigenvalue weighted by molar-refractivity contribution is 7.84. The lowest BCUT2D eigenvalue weighted by Crippen LogP contribution is -2.42. The summed E-state index contributed by atoms with van der Waals surface area (Å²) in [7, 11) is 0.593. The molecule has 2 aliphatic carbocycles. The molecule has 2 aliphatic rings. The van der Waals surface area contributed by atoms with Crippen molar-refractivity contribution in [2.75, 3.05) is 7.11 Å². The van der Waals surface area contributed by atoms with Crippen LogP contribution < -0.4 is 0 Å². The van der Waals surface area contributed by atoms with Gasteiger partial charge in [-0.05, 0) is 37.5 Å². The van der Waals surface area contributed by atoms with Crippen LogP contribution in [-0.4, -0.2) is 28.4 Å². The topological polar surface area (TPSA) is 38.7 Å². The number of rotatable bonds is 4. The van der Waals surface area contributed by atoms with E-state index in [4.69, 9.17) is 4.74 Å². The van der Waals surface area contributed by atoms with Crippen molar-refractivity contribution in [2.24, 2.45) is 21.1 Å². The Kier molecular flexibility index (Phi) is 3.96. The lowest BCUT2D eigenvalue weighted by atomic mass is 9.70. The van der Waals surface area contributed by atoms with Gasteiger partial charge in [-0.3, -0.25) is 0 Å². The van der Waals surface area contributed by atoms with Crippen molar-refractivity contribution < 1.29 is 8.95 Å². The molecule has 0 saturated heterocycles. The normalized spacial score (nSPS) is 42.6. The first-order valence-electron chi connectivity index (χ1n) is 7.27. The molecule has 0 heterocycles. The van der Waals surface area contributed by atoms with E-state index in [0.29, 0.717) is 5.92 Å². The molecule has 0 aromatic carbocycles. The van der Waals surface area contributed by atoms with Crippen molar-refractivity contribution in [2.45, 2.75) is 65.2 Å². The van der Waals surface area contributed by atoms with Gasteiger partial charge in [-0.15, -0.1) is 0 Å². The summed E-state index contributed by atoms with van der Waals surface area (Å²) in [4.78, 5) is 0. The maximum atomic E-state index is 12.6. The minimum atomic E-state index is -1.16. The van der Waals surface area contributed by atoms with Crippen LogP contribution >= 0.6 is 0 Å². The van der Waals surface area contributed by atoms with Crippen molar-refractivity contribution in [3.8, 4) is 0 Å². The zero-order valence-electron chi connectivity index (χ0n) is 13.0. The van der Waals surface area contributed by atoms with E-state index in [9.17, 15) is 4.21 Å². The molecule has 3 nitrogen and oxygen atoms in total. The standard InChI is InChI=1S/C15H27NO2S/c1-7-10(2)16-19(17)12-11-8-9-15(5,13(12)18-6)14(11,3)4/h11-13H,7-9H2,1-6H3/b16-10+/t11-,12-,13-,15+,19?/m1/s1. The molecule has 2 saturated carbocycles. The minimum absolute atomic E-state index is 0.0558. The molecule has 0 spiro atoms. The van der Waals surface area contributed by atoms with E-state index in [0.717, 1.165) is 18.6 Å². The molecule has 0 amide bonds. The molecule has 2 fully saturated rings. The summed E-state index contributed by atoms with van der Waals surface area (Å²) < 4.78 is 22.8. The van der Waals surface area contributed by atoms with Crippen LogP contribution in [0.3, 0.4) is 0 Å². The third-order valence-corrected chi connectivity index (χ3v) is 7.47. The number of hydrogen-bond acceptors (Lipinski definition) is 2. The fourth-order valence-corrected chi connectivity index (χ4v) is 6.08. The van der Waals surface area contributed by atoms with Gasteiger partial charge < -0.3 is 4.74 Å². The molecule has 5 atom stereocenters. The zero-order chi connectivity index (χ0) is 14.4. The van der Waals surface area contributed by atoms with Gasteiger partial charge >= 0.3 is 0 Å². The Balaban J connectivity index is 2.35. The van der Waals surface area contributed by atoms with Crippen molar-refractivity contribution >= 4 is 16.7 Å². The second-order valence-electron chi connectivity index (χ2n) is 6.86. The Morgan fingerprint density at radius 1 is 1.42 bits per heavy atom. The van der Waals surface area contributed by atoms with Crippen LogP contribution in [0.15, 0.2) is 4.40 Å². The molecule has 0 aliphatic heterocycles. The Morgan fingerprint density at radius 3 is 2.58 bits per heavy atom. The van der Waals surface area contributed by atoms with E-state index < -0.39 is 11.0 Å². The lowest BCUT2D eigenvalue weighted by Gasteiger charge is -2.38. The molecule has 0 N–H and O–H groups in total. The zero-order valence-corrected chi connectivity index (χ0v) is 13.8. The summed E-state index contributed by atoms with van der Waals surface area (Å²) in [5.41, 5.74) is 1.28. The van der Waals surface area contributed by atoms with Crippen LogP contribution in [0.4, 0.5) is 0 Å². The van der Waals surface area contributed by atoms with E-state index in [1.54, 1.807) is 7.11 Å². The summed E-state index contributed by atoms with van der Waals surface area (Å²) in [5, 5.41) is 0.0558. The fraction of sp³-hybridized carbons (Fsp3) is 0.933. The van der Waals surface area contributed by atoms with E-state index in [2.05, 4.69) is 32.1 Å². The van der Waals surface area contributed by atoms with E-state index in [-0.39, 0.29) is 22.2 Å². The Bertz CT molecular complexity index is 418. The van der Waals surface area contributed by atoms with Gasteiger partial charge in [0.1, 0.15) is 11.0 Å². The van der Waals surface area contributed by atoms with Gasteiger partial charge in [-0.1, -0.05) is 27.7 Å². The van der Waals surface area contributed by atoms with E-state index >= 15 is 0 Å². The van der Waals surface area contributed by atoms with Crippen molar-refractivity contribution in [3.05, 3.63) is 0 Å². The Morgan fingerprint density at radius 2 is 2.05 bits per heavy atom. The van der Waals surface area contributed by atoms with Crippen molar-refractivity contribution in [3.63, 3.8) is 0 Å². The average Bonchev–Trinajstić information content (AvgIpc) is 2.68. The quantitative estimate of drug-likeness (QED) is 0.743. The maximum absolute atomic E-state index is 12.6. The first kappa shape index (κ1) is 15.2.